The summed E-state index contributed by atoms with van der Waals surface area (Å²) >= 11 is 1.51. The molecule has 4 nitrogen and oxygen atoms in total. The minimum atomic E-state index is 0.644. The molecule has 0 unspecified atom stereocenters. The lowest BCUT2D eigenvalue weighted by atomic mass is 10.2. The number of hydrogen-bond donors (Lipinski definition) is 1. The first-order valence-corrected chi connectivity index (χ1v) is 5.87. The molecule has 1 N–H and O–H groups in total. The van der Waals surface area contributed by atoms with E-state index in [9.17, 15) is 0 Å². The normalized spacial score (nSPS) is 10.4. The maximum Gasteiger partial charge on any atom is 0.203 e. The van der Waals surface area contributed by atoms with Gasteiger partial charge in [-0.25, -0.2) is 4.98 Å². The molecule has 0 spiro atoms. The van der Waals surface area contributed by atoms with Crippen molar-refractivity contribution < 1.29 is 0 Å². The molecule has 84 valence electrons. The summed E-state index contributed by atoms with van der Waals surface area (Å²) in [6.45, 7) is 1.94. The zero-order valence-corrected chi connectivity index (χ0v) is 10.0. The summed E-state index contributed by atoms with van der Waals surface area (Å²) in [6, 6.07) is 9.28. The molecule has 1 aromatic heterocycles. The summed E-state index contributed by atoms with van der Waals surface area (Å²) in [5, 5.41) is 15.5. The predicted octanol–water partition coefficient (Wildman–Crippen LogP) is 2.77. The van der Waals surface area contributed by atoms with E-state index >= 15 is 0 Å². The van der Waals surface area contributed by atoms with Gasteiger partial charge in [0.25, 0.3) is 0 Å². The lowest BCUT2D eigenvalue weighted by Gasteiger charge is -1.94. The van der Waals surface area contributed by atoms with Crippen molar-refractivity contribution in [1.29, 1.82) is 5.26 Å². The fourth-order valence-corrected chi connectivity index (χ4v) is 1.85. The second-order valence-electron chi connectivity index (χ2n) is 3.40. The SMILES string of the molecule is Cc1csc(N/N=C/c2ccc(C#N)cc2)n1. The van der Waals surface area contributed by atoms with E-state index in [1.807, 2.05) is 24.4 Å². The van der Waals surface area contributed by atoms with E-state index in [1.165, 1.54) is 11.3 Å². The topological polar surface area (TPSA) is 61.1 Å². The minimum absolute atomic E-state index is 0.644. The molecule has 1 heterocycles. The first kappa shape index (κ1) is 11.3. The molecule has 0 saturated heterocycles. The number of anilines is 1. The molecule has 0 fully saturated rings. The molecule has 0 aliphatic heterocycles. The Kier molecular flexibility index (Phi) is 3.48. The van der Waals surface area contributed by atoms with Crippen LogP contribution in [0.2, 0.25) is 0 Å². The monoisotopic (exact) mass is 242 g/mol. The Morgan fingerprint density at radius 2 is 2.18 bits per heavy atom. The summed E-state index contributed by atoms with van der Waals surface area (Å²) in [5.41, 5.74) is 5.41. The highest BCUT2D eigenvalue weighted by Crippen LogP contribution is 2.13. The van der Waals surface area contributed by atoms with E-state index in [-0.39, 0.29) is 0 Å². The van der Waals surface area contributed by atoms with Crippen LogP contribution in [-0.4, -0.2) is 11.2 Å². The number of nitrogens with zero attached hydrogens (tertiary/aromatic N) is 3. The summed E-state index contributed by atoms with van der Waals surface area (Å²) in [5.74, 6) is 0. The molecule has 5 heteroatoms. The molecule has 0 atom stereocenters. The standard InChI is InChI=1S/C12H10N4S/c1-9-8-17-12(15-9)16-14-7-11-4-2-10(6-13)3-5-11/h2-5,7-8H,1H3,(H,15,16)/b14-7+. The van der Waals surface area contributed by atoms with Crippen molar-refractivity contribution in [2.45, 2.75) is 6.92 Å². The molecule has 0 bridgehead atoms. The number of rotatable bonds is 3. The van der Waals surface area contributed by atoms with Crippen LogP contribution in [0.4, 0.5) is 5.13 Å². The van der Waals surface area contributed by atoms with Crippen molar-refractivity contribution in [3.63, 3.8) is 0 Å². The maximum absolute atomic E-state index is 8.65. The Bertz CT molecular complexity index is 563. The van der Waals surface area contributed by atoms with Crippen LogP contribution in [-0.2, 0) is 0 Å². The quantitative estimate of drug-likeness (QED) is 0.665. The molecule has 2 rings (SSSR count). The number of benzene rings is 1. The van der Waals surface area contributed by atoms with Gasteiger partial charge in [-0.3, -0.25) is 5.43 Å². The average molecular weight is 242 g/mol. The zero-order chi connectivity index (χ0) is 12.1. The summed E-state index contributed by atoms with van der Waals surface area (Å²) in [4.78, 5) is 4.22. The van der Waals surface area contributed by atoms with E-state index in [0.29, 0.717) is 5.56 Å². The second kappa shape index (κ2) is 5.23. The summed E-state index contributed by atoms with van der Waals surface area (Å²) < 4.78 is 0. The fourth-order valence-electron chi connectivity index (χ4n) is 1.21. The lowest BCUT2D eigenvalue weighted by Crippen LogP contribution is -1.90. The van der Waals surface area contributed by atoms with Crippen LogP contribution in [0.25, 0.3) is 0 Å². The number of hydrogen-bond acceptors (Lipinski definition) is 5. The van der Waals surface area contributed by atoms with Gasteiger partial charge in [-0.2, -0.15) is 10.4 Å². The highest BCUT2D eigenvalue weighted by atomic mass is 32.1. The lowest BCUT2D eigenvalue weighted by molar-refractivity contribution is 1.22. The van der Waals surface area contributed by atoms with E-state index in [4.69, 9.17) is 5.26 Å². The molecule has 0 aliphatic carbocycles. The van der Waals surface area contributed by atoms with Crippen LogP contribution in [0.5, 0.6) is 0 Å². The summed E-state index contributed by atoms with van der Waals surface area (Å²) in [7, 11) is 0. The summed E-state index contributed by atoms with van der Waals surface area (Å²) in [6.07, 6.45) is 1.69. The molecule has 17 heavy (non-hydrogen) atoms. The Labute approximate surface area is 103 Å². The first-order chi connectivity index (χ1) is 8.28. The number of thiazole rings is 1. The predicted molar refractivity (Wildman–Crippen MR) is 69.2 cm³/mol. The van der Waals surface area contributed by atoms with Gasteiger partial charge in [0, 0.05) is 5.38 Å². The number of hydrazone groups is 1. The number of nitriles is 1. The highest BCUT2D eigenvalue weighted by molar-refractivity contribution is 7.13. The van der Waals surface area contributed by atoms with Crippen molar-refractivity contribution in [3.8, 4) is 6.07 Å². The zero-order valence-electron chi connectivity index (χ0n) is 9.21. The van der Waals surface area contributed by atoms with Crippen molar-refractivity contribution in [1.82, 2.24) is 4.98 Å². The van der Waals surface area contributed by atoms with Crippen molar-refractivity contribution >= 4 is 22.7 Å². The van der Waals surface area contributed by atoms with E-state index in [1.54, 1.807) is 18.3 Å². The molecular weight excluding hydrogens is 232 g/mol. The van der Waals surface area contributed by atoms with Gasteiger partial charge in [0.2, 0.25) is 5.13 Å². The average Bonchev–Trinajstić information content (AvgIpc) is 2.76. The van der Waals surface area contributed by atoms with Crippen molar-refractivity contribution in [2.24, 2.45) is 5.10 Å². The smallest absolute Gasteiger partial charge is 0.203 e. The fraction of sp³-hybridized carbons (Fsp3) is 0.0833. The first-order valence-electron chi connectivity index (χ1n) is 4.99. The third kappa shape index (κ3) is 3.13. The third-order valence-electron chi connectivity index (χ3n) is 2.03. The molecular formula is C12H10N4S. The molecule has 0 saturated carbocycles. The highest BCUT2D eigenvalue weighted by Gasteiger charge is 1.94. The van der Waals surface area contributed by atoms with Gasteiger partial charge in [0.15, 0.2) is 0 Å². The number of aryl methyl sites for hydroxylation is 1. The van der Waals surface area contributed by atoms with Gasteiger partial charge in [-0.1, -0.05) is 12.1 Å². The van der Waals surface area contributed by atoms with E-state index < -0.39 is 0 Å². The Balaban J connectivity index is 1.98. The van der Waals surface area contributed by atoms with Crippen molar-refractivity contribution in [3.05, 3.63) is 46.5 Å². The molecule has 0 amide bonds. The largest absolute Gasteiger partial charge is 0.253 e. The van der Waals surface area contributed by atoms with E-state index in [2.05, 4.69) is 21.6 Å². The van der Waals surface area contributed by atoms with Crippen LogP contribution in [0, 0.1) is 18.3 Å². The Morgan fingerprint density at radius 3 is 2.76 bits per heavy atom. The van der Waals surface area contributed by atoms with Gasteiger partial charge < -0.3 is 0 Å². The van der Waals surface area contributed by atoms with Gasteiger partial charge in [0.1, 0.15) is 0 Å². The van der Waals surface area contributed by atoms with Crippen LogP contribution in [0.15, 0.2) is 34.7 Å². The second-order valence-corrected chi connectivity index (χ2v) is 4.26. The number of nitrogens with one attached hydrogen (secondary N) is 1. The molecule has 0 radical (unpaired) electrons. The van der Waals surface area contributed by atoms with E-state index in [0.717, 1.165) is 16.4 Å². The van der Waals surface area contributed by atoms with Crippen LogP contribution in [0.3, 0.4) is 0 Å². The van der Waals surface area contributed by atoms with Gasteiger partial charge in [-0.15, -0.1) is 11.3 Å². The van der Waals surface area contributed by atoms with Gasteiger partial charge in [0.05, 0.1) is 23.5 Å². The molecule has 0 aliphatic rings. The minimum Gasteiger partial charge on any atom is -0.253 e. The van der Waals surface area contributed by atoms with Crippen molar-refractivity contribution in [2.75, 3.05) is 5.43 Å². The van der Waals surface area contributed by atoms with Crippen LogP contribution in [0.1, 0.15) is 16.8 Å². The third-order valence-corrected chi connectivity index (χ3v) is 2.90. The number of aromatic nitrogens is 1. The maximum atomic E-state index is 8.65. The Hall–Kier alpha value is -2.19. The van der Waals surface area contributed by atoms with Gasteiger partial charge >= 0.3 is 0 Å². The van der Waals surface area contributed by atoms with Crippen LogP contribution >= 0.6 is 11.3 Å². The van der Waals surface area contributed by atoms with Gasteiger partial charge in [-0.05, 0) is 24.6 Å². The Morgan fingerprint density at radius 1 is 1.41 bits per heavy atom. The van der Waals surface area contributed by atoms with Crippen LogP contribution < -0.4 is 5.43 Å². The molecule has 2 aromatic rings. The molecule has 1 aromatic carbocycles.